The predicted molar refractivity (Wildman–Crippen MR) is 303 cm³/mol. The molecule has 4 aliphatic heterocycles. The zero-order chi connectivity index (χ0) is 56.1. The smallest absolute Gasteiger partial charge is 0.355 e. The average molecular weight is 1180 g/mol. The third-order valence-corrected chi connectivity index (χ3v) is 23.6. The van der Waals surface area contributed by atoms with Gasteiger partial charge in [-0.2, -0.15) is 9.36 Å². The lowest BCUT2D eigenvalue weighted by molar-refractivity contribution is -0.671. The first-order chi connectivity index (χ1) is 37.8. The molecule has 2 amide bonds. The van der Waals surface area contributed by atoms with Crippen molar-refractivity contribution in [1.82, 2.24) is 29.5 Å². The van der Waals surface area contributed by atoms with Crippen molar-refractivity contribution in [2.75, 3.05) is 37.5 Å². The fraction of sp³-hybridized carbons (Fsp3) is 0.618. The zero-order valence-electron chi connectivity index (χ0n) is 45.7. The molecule has 7 heterocycles. The van der Waals surface area contributed by atoms with Crippen molar-refractivity contribution in [3.05, 3.63) is 59.0 Å². The van der Waals surface area contributed by atoms with Crippen LogP contribution in [-0.2, 0) is 54.9 Å². The Kier molecular flexibility index (Phi) is 16.8. The molecule has 6 fully saturated rings. The molecule has 424 valence electrons. The average Bonchev–Trinajstić information content (AvgIpc) is 3.73. The number of carbonyl (C=O) groups is 6. The quantitative estimate of drug-likeness (QED) is 0.0249. The van der Waals surface area contributed by atoms with Crippen LogP contribution in [0.3, 0.4) is 0 Å². The SMILES string of the molecule is C=C[C@@]1(C)C[C@H](OC(=O)CSC2CC3CCC(C2)N3C)[C@@]2(C)C(C)CCC3(CCC(=O)C32)[C@H](C)[C@@H]1OC(=O)CCOC(=O)C1=C(Sc2nc(-c3cc[n+](C)cc3)cs2)CSC2[C@H](NC(=O)/C(=N/OCC)c3nsc(N)n3)C(=O)N12. The number of ether oxygens (including phenoxy) is 3. The molecule has 3 aromatic rings. The van der Waals surface area contributed by atoms with Crippen LogP contribution >= 0.6 is 58.2 Å². The molecule has 24 heteroatoms. The number of hydrogen-bond donors (Lipinski definition) is 2. The standard InChI is InChI=1S/C55H69N9O10S5/c1-9-53(5)25-38(73-40(67)28-75-34-23-32-11-12-33(24-34)63(32)8)54(6)29(3)13-18-55(19-14-36(65)44(54)55)30(4)45(53)74-39(66)17-22-71-50(70)43-37(78-52-57-35(26-77-52)31-15-20-62(7)21-16-31)27-76-49-42(48(69)64(43)49)58-47(68)41(60-72-10-2)46-59-51(56)79-61-46/h9,15-16,20-21,26,29-30,32-34,38,42,44-45,49H,1,10-14,17-19,22-25,27-28H2,2-8H3,(H2-,56,58,59,61,68)/p+1/b60-41+/t29?,30-,32?,33?,34?,38+,42-,44?,45+,49?,53+,54-,55?/m1/s1. The highest BCUT2D eigenvalue weighted by Gasteiger charge is 2.69. The number of oxime groups is 1. The Bertz CT molecular complexity index is 2940. The Hall–Kier alpha value is -4.88. The predicted octanol–water partition coefficient (Wildman–Crippen LogP) is 6.96. The maximum absolute atomic E-state index is 14.5. The van der Waals surface area contributed by atoms with Crippen molar-refractivity contribution in [2.45, 2.75) is 144 Å². The van der Waals surface area contributed by atoms with E-state index in [9.17, 15) is 28.8 Å². The number of carbonyl (C=O) groups excluding carboxylic acids is 6. The van der Waals surface area contributed by atoms with E-state index in [1.54, 1.807) is 18.7 Å². The van der Waals surface area contributed by atoms with Crippen LogP contribution < -0.4 is 15.6 Å². The van der Waals surface area contributed by atoms with Crippen LogP contribution in [-0.4, -0.2) is 138 Å². The van der Waals surface area contributed by atoms with Gasteiger partial charge in [0.25, 0.3) is 11.8 Å². The lowest BCUT2D eigenvalue weighted by Crippen LogP contribution is -2.71. The van der Waals surface area contributed by atoms with Crippen molar-refractivity contribution in [1.29, 1.82) is 0 Å². The normalized spacial score (nSPS) is 33.2. The van der Waals surface area contributed by atoms with Crippen LogP contribution in [0.5, 0.6) is 0 Å². The minimum atomic E-state index is -1.07. The molecule has 0 radical (unpaired) electrons. The third kappa shape index (κ3) is 10.9. The number of ketones is 1. The molecule has 7 aliphatic rings. The fourth-order valence-corrected chi connectivity index (χ4v) is 18.9. The Balaban J connectivity index is 0.859. The first-order valence-corrected chi connectivity index (χ1v) is 31.8. The molecule has 0 aromatic carbocycles. The van der Waals surface area contributed by atoms with Gasteiger partial charge in [0.2, 0.25) is 11.5 Å². The Morgan fingerprint density at radius 2 is 1.80 bits per heavy atom. The number of hydrogen-bond acceptors (Lipinski definition) is 21. The molecule has 0 spiro atoms. The van der Waals surface area contributed by atoms with Crippen LogP contribution in [0.15, 0.2) is 62.7 Å². The second kappa shape index (κ2) is 23.2. The van der Waals surface area contributed by atoms with Crippen molar-refractivity contribution < 1.29 is 52.4 Å². The number of pyridine rings is 1. The summed E-state index contributed by atoms with van der Waals surface area (Å²) in [6.45, 7) is 14.2. The summed E-state index contributed by atoms with van der Waals surface area (Å²) >= 11 is 6.55. The number of Topliss-reactive ketones (excluding diaryl/α,β-unsaturated/α-hetero) is 1. The van der Waals surface area contributed by atoms with Gasteiger partial charge in [-0.3, -0.25) is 28.9 Å². The Morgan fingerprint density at radius 3 is 2.49 bits per heavy atom. The molecule has 12 atom stereocenters. The van der Waals surface area contributed by atoms with Gasteiger partial charge in [0, 0.05) is 91.7 Å². The van der Waals surface area contributed by atoms with Crippen LogP contribution in [0.1, 0.15) is 105 Å². The molecule has 3 aromatic heterocycles. The molecule has 79 heavy (non-hydrogen) atoms. The maximum atomic E-state index is 14.5. The highest BCUT2D eigenvalue weighted by molar-refractivity contribution is 8.07. The molecule has 19 nitrogen and oxygen atoms in total. The number of fused-ring (bicyclic) bond motifs is 3. The van der Waals surface area contributed by atoms with E-state index in [4.69, 9.17) is 29.8 Å². The highest BCUT2D eigenvalue weighted by Crippen LogP contribution is 2.68. The maximum Gasteiger partial charge on any atom is 0.355 e. The number of aromatic nitrogens is 4. The fourth-order valence-electron chi connectivity index (χ4n) is 13.8. The summed E-state index contributed by atoms with van der Waals surface area (Å²) in [7, 11) is 4.14. The number of amides is 2. The number of thioether (sulfide) groups is 3. The second-order valence-corrected chi connectivity index (χ2v) is 28.0. The number of nitrogens with two attached hydrogens (primary N) is 1. The minimum Gasteiger partial charge on any atom is -0.461 e. The van der Waals surface area contributed by atoms with Crippen LogP contribution in [0.25, 0.3) is 11.3 Å². The molecule has 6 unspecified atom stereocenters. The van der Waals surface area contributed by atoms with Crippen molar-refractivity contribution in [3.8, 4) is 11.3 Å². The molecule has 3 saturated carbocycles. The number of anilines is 1. The Labute approximate surface area is 481 Å². The van der Waals surface area contributed by atoms with Crippen molar-refractivity contribution in [2.24, 2.45) is 46.2 Å². The summed E-state index contributed by atoms with van der Waals surface area (Å²) < 4.78 is 25.8. The van der Waals surface area contributed by atoms with Gasteiger partial charge in [0.05, 0.1) is 17.9 Å². The summed E-state index contributed by atoms with van der Waals surface area (Å²) in [4.78, 5) is 104. The Morgan fingerprint density at radius 1 is 1.05 bits per heavy atom. The van der Waals surface area contributed by atoms with Crippen molar-refractivity contribution in [3.63, 3.8) is 0 Å². The van der Waals surface area contributed by atoms with Gasteiger partial charge in [-0.05, 0) is 76.7 Å². The molecule has 3 aliphatic carbocycles. The molecule has 10 rings (SSSR count). The number of nitrogens with zero attached hydrogens (tertiary/aromatic N) is 7. The molecule has 3 N–H and O–H groups in total. The van der Waals surface area contributed by atoms with E-state index in [1.807, 2.05) is 54.5 Å². The van der Waals surface area contributed by atoms with E-state index in [-0.39, 0.29) is 77.1 Å². The lowest BCUT2D eigenvalue weighted by Gasteiger charge is -2.62. The summed E-state index contributed by atoms with van der Waals surface area (Å²) in [6.07, 6.45) is 11.3. The number of rotatable bonds is 18. The number of nitrogen functional groups attached to an aromatic ring is 1. The van der Waals surface area contributed by atoms with Gasteiger partial charge in [-0.15, -0.1) is 41.4 Å². The van der Waals surface area contributed by atoms with E-state index >= 15 is 0 Å². The zero-order valence-corrected chi connectivity index (χ0v) is 49.8. The van der Waals surface area contributed by atoms with E-state index in [0.29, 0.717) is 45.8 Å². The summed E-state index contributed by atoms with van der Waals surface area (Å²) in [5.41, 5.74) is 5.10. The molecule has 4 bridgehead atoms. The number of piperidine rings is 1. The highest BCUT2D eigenvalue weighted by atomic mass is 32.2. The number of β-lactam (4-membered cyclic amide) rings is 1. The molecular formula is C55H70N9O10S5+. The van der Waals surface area contributed by atoms with E-state index in [2.05, 4.69) is 59.1 Å². The van der Waals surface area contributed by atoms with E-state index < -0.39 is 69.5 Å². The summed E-state index contributed by atoms with van der Waals surface area (Å²) in [5, 5.41) is 8.35. The largest absolute Gasteiger partial charge is 0.461 e. The number of thiazole rings is 1. The first-order valence-electron chi connectivity index (χ1n) is 27.2. The second-order valence-electron chi connectivity index (χ2n) is 22.7. The first kappa shape index (κ1) is 57.4. The number of nitrogens with one attached hydrogen (secondary N) is 1. The van der Waals surface area contributed by atoms with Gasteiger partial charge in [0.15, 0.2) is 21.9 Å². The van der Waals surface area contributed by atoms with Crippen molar-refractivity contribution >= 4 is 105 Å². The van der Waals surface area contributed by atoms with Crippen LogP contribution in [0.2, 0.25) is 0 Å². The van der Waals surface area contributed by atoms with Gasteiger partial charge < -0.3 is 35.0 Å². The van der Waals surface area contributed by atoms with Crippen LogP contribution in [0.4, 0.5) is 5.13 Å². The number of aryl methyl sites for hydroxylation is 1. The van der Waals surface area contributed by atoms with Gasteiger partial charge >= 0.3 is 17.9 Å². The van der Waals surface area contributed by atoms with E-state index in [1.165, 1.54) is 52.6 Å². The molecular weight excluding hydrogens is 1110 g/mol. The number of esters is 3. The minimum absolute atomic E-state index is 0.0193. The summed E-state index contributed by atoms with van der Waals surface area (Å²) in [6, 6.07) is 3.94. The van der Waals surface area contributed by atoms with Crippen LogP contribution in [0, 0.1) is 34.0 Å². The van der Waals surface area contributed by atoms with E-state index in [0.717, 1.165) is 48.5 Å². The third-order valence-electron chi connectivity index (χ3n) is 18.4. The monoisotopic (exact) mass is 1180 g/mol. The summed E-state index contributed by atoms with van der Waals surface area (Å²) in [5.74, 6) is -3.10. The molecule has 3 saturated heterocycles. The van der Waals surface area contributed by atoms with Gasteiger partial charge in [0.1, 0.15) is 55.4 Å². The lowest BCUT2D eigenvalue weighted by atomic mass is 9.44. The van der Waals surface area contributed by atoms with Gasteiger partial charge in [-0.1, -0.05) is 50.7 Å². The van der Waals surface area contributed by atoms with Gasteiger partial charge in [-0.25, -0.2) is 14.3 Å². The topological polar surface area (TPSA) is 239 Å².